The summed E-state index contributed by atoms with van der Waals surface area (Å²) in [5, 5.41) is 0. The quantitative estimate of drug-likeness (QED) is 0.812. The molecule has 1 aliphatic carbocycles. The summed E-state index contributed by atoms with van der Waals surface area (Å²) in [4.78, 5) is 11.3. The predicted molar refractivity (Wildman–Crippen MR) is 57.7 cm³/mol. The third kappa shape index (κ3) is 1.57. The van der Waals surface area contributed by atoms with Crippen molar-refractivity contribution in [2.24, 2.45) is 0 Å². The average Bonchev–Trinajstić information content (AvgIpc) is 2.18. The number of ketones is 1. The highest BCUT2D eigenvalue weighted by atomic mass is 79.9. The molecule has 1 aliphatic rings. The number of hydrogen-bond donors (Lipinski definition) is 0. The molecular weight excluding hydrogens is 244 g/mol. The van der Waals surface area contributed by atoms with Crippen molar-refractivity contribution in [3.05, 3.63) is 28.2 Å². The van der Waals surface area contributed by atoms with Gasteiger partial charge in [0, 0.05) is 16.8 Å². The lowest BCUT2D eigenvalue weighted by Gasteiger charge is -2.25. The van der Waals surface area contributed by atoms with Gasteiger partial charge in [-0.2, -0.15) is 0 Å². The van der Waals surface area contributed by atoms with Crippen LogP contribution in [0.3, 0.4) is 0 Å². The maximum Gasteiger partial charge on any atom is 0.140 e. The minimum Gasteiger partial charge on any atom is -0.497 e. The van der Waals surface area contributed by atoms with E-state index in [4.69, 9.17) is 4.74 Å². The maximum absolute atomic E-state index is 11.3. The Bertz CT molecular complexity index is 374. The highest BCUT2D eigenvalue weighted by Crippen LogP contribution is 2.38. The summed E-state index contributed by atoms with van der Waals surface area (Å²) in [5.74, 6) is 1.26. The van der Waals surface area contributed by atoms with Crippen LogP contribution in [0.15, 0.2) is 22.7 Å². The minimum absolute atomic E-state index is 0.107. The van der Waals surface area contributed by atoms with Crippen molar-refractivity contribution in [1.82, 2.24) is 0 Å². The van der Waals surface area contributed by atoms with Crippen molar-refractivity contribution in [2.45, 2.75) is 18.8 Å². The van der Waals surface area contributed by atoms with E-state index in [1.165, 1.54) is 0 Å². The summed E-state index contributed by atoms with van der Waals surface area (Å²) < 4.78 is 6.06. The lowest BCUT2D eigenvalue weighted by atomic mass is 9.79. The molecule has 0 spiro atoms. The summed E-state index contributed by atoms with van der Waals surface area (Å²) in [7, 11) is 1.63. The van der Waals surface area contributed by atoms with Gasteiger partial charge in [0.1, 0.15) is 11.5 Å². The fourth-order valence-corrected chi connectivity index (χ4v) is 2.29. The Balaban J connectivity index is 2.30. The molecule has 3 heteroatoms. The number of ether oxygens (including phenoxy) is 1. The Morgan fingerprint density at radius 3 is 2.71 bits per heavy atom. The molecular formula is C11H11BrO2. The van der Waals surface area contributed by atoms with Gasteiger partial charge in [0.25, 0.3) is 0 Å². The number of rotatable bonds is 2. The number of halogens is 1. The molecule has 0 saturated heterocycles. The van der Waals surface area contributed by atoms with Crippen LogP contribution in [0.4, 0.5) is 0 Å². The molecule has 0 aliphatic heterocycles. The number of carbonyl (C=O) groups is 1. The van der Waals surface area contributed by atoms with E-state index in [2.05, 4.69) is 15.9 Å². The SMILES string of the molecule is COc1ccc(C2CCC2=O)c(Br)c1. The maximum atomic E-state index is 11.3. The van der Waals surface area contributed by atoms with Crippen molar-refractivity contribution >= 4 is 21.7 Å². The molecule has 2 nitrogen and oxygen atoms in total. The highest BCUT2D eigenvalue weighted by molar-refractivity contribution is 9.10. The number of benzene rings is 1. The first kappa shape index (κ1) is 9.71. The van der Waals surface area contributed by atoms with Gasteiger partial charge in [-0.05, 0) is 24.1 Å². The zero-order valence-corrected chi connectivity index (χ0v) is 9.50. The Hall–Kier alpha value is -0.830. The van der Waals surface area contributed by atoms with Gasteiger partial charge in [-0.15, -0.1) is 0 Å². The molecule has 0 amide bonds. The third-order valence-corrected chi connectivity index (χ3v) is 3.34. The second-order valence-electron chi connectivity index (χ2n) is 3.45. The summed E-state index contributed by atoms with van der Waals surface area (Å²) in [6, 6.07) is 5.76. The van der Waals surface area contributed by atoms with Crippen LogP contribution in [0.2, 0.25) is 0 Å². The summed E-state index contributed by atoms with van der Waals surface area (Å²) in [6.45, 7) is 0. The van der Waals surface area contributed by atoms with Gasteiger partial charge in [-0.25, -0.2) is 0 Å². The topological polar surface area (TPSA) is 26.3 Å². The Labute approximate surface area is 91.4 Å². The zero-order chi connectivity index (χ0) is 10.1. The van der Waals surface area contributed by atoms with Crippen LogP contribution in [-0.2, 0) is 4.79 Å². The first-order valence-electron chi connectivity index (χ1n) is 4.58. The second-order valence-corrected chi connectivity index (χ2v) is 4.30. The molecule has 2 rings (SSSR count). The third-order valence-electron chi connectivity index (χ3n) is 2.65. The smallest absolute Gasteiger partial charge is 0.140 e. The molecule has 0 heterocycles. The van der Waals surface area contributed by atoms with Gasteiger partial charge in [-0.1, -0.05) is 22.0 Å². The second kappa shape index (κ2) is 3.73. The average molecular weight is 255 g/mol. The van der Waals surface area contributed by atoms with Crippen molar-refractivity contribution in [1.29, 1.82) is 0 Å². The Morgan fingerprint density at radius 1 is 1.50 bits per heavy atom. The van der Waals surface area contributed by atoms with Crippen LogP contribution in [0, 0.1) is 0 Å². The zero-order valence-electron chi connectivity index (χ0n) is 7.92. The molecule has 1 aromatic carbocycles. The van der Waals surface area contributed by atoms with E-state index in [0.717, 1.165) is 28.6 Å². The van der Waals surface area contributed by atoms with E-state index in [-0.39, 0.29) is 5.92 Å². The first-order chi connectivity index (χ1) is 6.72. The van der Waals surface area contributed by atoms with Crippen molar-refractivity contribution in [2.75, 3.05) is 7.11 Å². The molecule has 14 heavy (non-hydrogen) atoms. The van der Waals surface area contributed by atoms with Crippen molar-refractivity contribution in [3.8, 4) is 5.75 Å². The van der Waals surface area contributed by atoms with E-state index >= 15 is 0 Å². The van der Waals surface area contributed by atoms with Crippen molar-refractivity contribution < 1.29 is 9.53 Å². The van der Waals surface area contributed by atoms with Gasteiger partial charge >= 0.3 is 0 Å². The number of Topliss-reactive ketones (excluding diaryl/α,β-unsaturated/α-hetero) is 1. The molecule has 1 aromatic rings. The van der Waals surface area contributed by atoms with E-state index in [1.807, 2.05) is 18.2 Å². The van der Waals surface area contributed by atoms with Crippen LogP contribution < -0.4 is 4.74 Å². The van der Waals surface area contributed by atoms with E-state index in [1.54, 1.807) is 7.11 Å². The van der Waals surface area contributed by atoms with Crippen LogP contribution in [0.25, 0.3) is 0 Å². The molecule has 1 unspecified atom stereocenters. The van der Waals surface area contributed by atoms with Crippen molar-refractivity contribution in [3.63, 3.8) is 0 Å². The van der Waals surface area contributed by atoms with E-state index in [0.29, 0.717) is 5.78 Å². The lowest BCUT2D eigenvalue weighted by molar-refractivity contribution is -0.125. The van der Waals surface area contributed by atoms with Gasteiger partial charge in [-0.3, -0.25) is 4.79 Å². The van der Waals surface area contributed by atoms with Gasteiger partial charge < -0.3 is 4.74 Å². The minimum atomic E-state index is 0.107. The molecule has 0 bridgehead atoms. The molecule has 0 N–H and O–H groups in total. The standard InChI is InChI=1S/C11H11BrO2/c1-14-7-2-3-8(10(12)6-7)9-4-5-11(9)13/h2-3,6,9H,4-5H2,1H3. The number of methoxy groups -OCH3 is 1. The Morgan fingerprint density at radius 2 is 2.29 bits per heavy atom. The van der Waals surface area contributed by atoms with Gasteiger partial charge in [0.2, 0.25) is 0 Å². The molecule has 74 valence electrons. The predicted octanol–water partition coefficient (Wildman–Crippen LogP) is 2.90. The molecule has 1 fully saturated rings. The molecule has 1 saturated carbocycles. The van der Waals surface area contributed by atoms with Crippen LogP contribution in [0.1, 0.15) is 24.3 Å². The first-order valence-corrected chi connectivity index (χ1v) is 5.38. The molecule has 0 radical (unpaired) electrons. The lowest BCUT2D eigenvalue weighted by Crippen LogP contribution is -2.23. The van der Waals surface area contributed by atoms with E-state index in [9.17, 15) is 4.79 Å². The summed E-state index contributed by atoms with van der Waals surface area (Å²) >= 11 is 3.46. The highest BCUT2D eigenvalue weighted by Gasteiger charge is 2.30. The fraction of sp³-hybridized carbons (Fsp3) is 0.364. The monoisotopic (exact) mass is 254 g/mol. The van der Waals surface area contributed by atoms with Crippen LogP contribution in [0.5, 0.6) is 5.75 Å². The van der Waals surface area contributed by atoms with Crippen LogP contribution >= 0.6 is 15.9 Å². The molecule has 1 atom stereocenters. The number of hydrogen-bond acceptors (Lipinski definition) is 2. The van der Waals surface area contributed by atoms with Gasteiger partial charge in [0.05, 0.1) is 7.11 Å². The molecule has 0 aromatic heterocycles. The summed E-state index contributed by atoms with van der Waals surface area (Å²) in [6.07, 6.45) is 1.70. The number of carbonyl (C=O) groups excluding carboxylic acids is 1. The Kier molecular flexibility index (Phi) is 2.59. The van der Waals surface area contributed by atoms with Gasteiger partial charge in [0.15, 0.2) is 0 Å². The largest absolute Gasteiger partial charge is 0.497 e. The summed E-state index contributed by atoms with van der Waals surface area (Å²) in [5.41, 5.74) is 1.09. The van der Waals surface area contributed by atoms with E-state index < -0.39 is 0 Å². The van der Waals surface area contributed by atoms with Crippen LogP contribution in [-0.4, -0.2) is 12.9 Å². The normalized spacial score (nSPS) is 20.4. The fourth-order valence-electron chi connectivity index (χ4n) is 1.65.